The minimum atomic E-state index is -2.75. The molecular weight excluding hydrogens is 335 g/mol. The van der Waals surface area contributed by atoms with E-state index in [0.29, 0.717) is 33.9 Å². The Hall–Kier alpha value is -2.51. The van der Waals surface area contributed by atoms with Gasteiger partial charge in [0.2, 0.25) is 5.91 Å². The number of amides is 1. The third kappa shape index (κ3) is 3.20. The van der Waals surface area contributed by atoms with Crippen LogP contribution in [-0.2, 0) is 11.2 Å². The molecule has 1 atom stereocenters. The van der Waals surface area contributed by atoms with E-state index in [-0.39, 0.29) is 24.1 Å². The topological polar surface area (TPSA) is 47.4 Å². The number of carbonyl (C=O) groups excluding carboxylic acids is 1. The molecule has 2 heterocycles. The standard InChI is InChI=1S/C17H18F3N3O2/c1-9-8-22(14-5-4-12(18)6-15(14)25-9)16(24)7-13-10(2)21-23(11(13)3)17(19)20/h4-6,9,17H,7-8H2,1-3H3. The van der Waals surface area contributed by atoms with Crippen molar-refractivity contribution in [2.45, 2.75) is 39.8 Å². The summed E-state index contributed by atoms with van der Waals surface area (Å²) in [4.78, 5) is 14.3. The fourth-order valence-electron chi connectivity index (χ4n) is 3.04. The summed E-state index contributed by atoms with van der Waals surface area (Å²) in [5.41, 5.74) is 1.61. The van der Waals surface area contributed by atoms with Crippen LogP contribution in [0.3, 0.4) is 0 Å². The van der Waals surface area contributed by atoms with Gasteiger partial charge < -0.3 is 9.64 Å². The van der Waals surface area contributed by atoms with Crippen LogP contribution in [0.5, 0.6) is 5.75 Å². The molecule has 0 saturated carbocycles. The van der Waals surface area contributed by atoms with E-state index in [4.69, 9.17) is 4.74 Å². The smallest absolute Gasteiger partial charge is 0.333 e. The molecule has 2 aromatic rings. The van der Waals surface area contributed by atoms with Gasteiger partial charge in [0.1, 0.15) is 17.7 Å². The van der Waals surface area contributed by atoms with Crippen LogP contribution in [0.2, 0.25) is 0 Å². The molecule has 0 radical (unpaired) electrons. The average molecular weight is 353 g/mol. The van der Waals surface area contributed by atoms with Gasteiger partial charge in [0.25, 0.3) is 0 Å². The SMILES string of the molecule is Cc1nn(C(F)F)c(C)c1CC(=O)N1CC(C)Oc2cc(F)ccc21. The number of ether oxygens (including phenoxy) is 1. The van der Waals surface area contributed by atoms with Crippen LogP contribution in [0.4, 0.5) is 18.9 Å². The number of rotatable bonds is 3. The summed E-state index contributed by atoms with van der Waals surface area (Å²) in [6.07, 6.45) is -0.363. The molecule has 1 aliphatic heterocycles. The molecule has 1 aromatic carbocycles. The maximum Gasteiger partial charge on any atom is 0.333 e. The summed E-state index contributed by atoms with van der Waals surface area (Å²) >= 11 is 0. The van der Waals surface area contributed by atoms with E-state index in [0.717, 1.165) is 0 Å². The molecule has 1 aromatic heterocycles. The van der Waals surface area contributed by atoms with E-state index in [1.807, 2.05) is 0 Å². The average Bonchev–Trinajstić information content (AvgIpc) is 2.81. The van der Waals surface area contributed by atoms with Crippen molar-refractivity contribution in [1.82, 2.24) is 9.78 Å². The summed E-state index contributed by atoms with van der Waals surface area (Å²) in [6, 6.07) is 3.97. The van der Waals surface area contributed by atoms with E-state index in [9.17, 15) is 18.0 Å². The minimum Gasteiger partial charge on any atom is -0.487 e. The lowest BCUT2D eigenvalue weighted by Crippen LogP contribution is -2.43. The Bertz CT molecular complexity index is 820. The Balaban J connectivity index is 1.90. The number of anilines is 1. The van der Waals surface area contributed by atoms with Crippen molar-refractivity contribution >= 4 is 11.6 Å². The van der Waals surface area contributed by atoms with Gasteiger partial charge in [0, 0.05) is 17.3 Å². The van der Waals surface area contributed by atoms with Crippen molar-refractivity contribution in [3.8, 4) is 5.75 Å². The van der Waals surface area contributed by atoms with Crippen LogP contribution >= 0.6 is 0 Å². The number of aryl methyl sites for hydroxylation is 1. The van der Waals surface area contributed by atoms with Crippen LogP contribution < -0.4 is 9.64 Å². The highest BCUT2D eigenvalue weighted by Crippen LogP contribution is 2.34. The van der Waals surface area contributed by atoms with Crippen molar-refractivity contribution in [2.24, 2.45) is 0 Å². The molecular formula is C17H18F3N3O2. The van der Waals surface area contributed by atoms with Crippen LogP contribution in [0.25, 0.3) is 0 Å². The Morgan fingerprint density at radius 1 is 1.40 bits per heavy atom. The zero-order valence-corrected chi connectivity index (χ0v) is 14.1. The van der Waals surface area contributed by atoms with Gasteiger partial charge in [-0.3, -0.25) is 4.79 Å². The number of fused-ring (bicyclic) bond motifs is 1. The third-order valence-electron chi connectivity index (χ3n) is 4.27. The Labute approximate surface area is 143 Å². The first-order chi connectivity index (χ1) is 11.8. The van der Waals surface area contributed by atoms with Gasteiger partial charge in [-0.05, 0) is 32.9 Å². The first-order valence-electron chi connectivity index (χ1n) is 7.87. The molecule has 5 nitrogen and oxygen atoms in total. The molecule has 25 heavy (non-hydrogen) atoms. The summed E-state index contributed by atoms with van der Waals surface area (Å²) < 4.78 is 45.5. The van der Waals surface area contributed by atoms with Gasteiger partial charge in [-0.1, -0.05) is 0 Å². The maximum absolute atomic E-state index is 13.4. The highest BCUT2D eigenvalue weighted by Gasteiger charge is 2.29. The summed E-state index contributed by atoms with van der Waals surface area (Å²) in [5, 5.41) is 3.80. The van der Waals surface area contributed by atoms with E-state index < -0.39 is 12.4 Å². The monoisotopic (exact) mass is 353 g/mol. The fourth-order valence-corrected chi connectivity index (χ4v) is 3.04. The number of aromatic nitrogens is 2. The van der Waals surface area contributed by atoms with Crippen LogP contribution in [0, 0.1) is 19.7 Å². The van der Waals surface area contributed by atoms with Crippen molar-refractivity contribution in [2.75, 3.05) is 11.4 Å². The molecule has 1 aliphatic rings. The number of hydrogen-bond acceptors (Lipinski definition) is 3. The van der Waals surface area contributed by atoms with Crippen molar-refractivity contribution < 1.29 is 22.7 Å². The predicted molar refractivity (Wildman–Crippen MR) is 85.5 cm³/mol. The Morgan fingerprint density at radius 3 is 2.76 bits per heavy atom. The summed E-state index contributed by atoms with van der Waals surface area (Å²) in [6.45, 7) is 2.44. The molecule has 0 spiro atoms. The van der Waals surface area contributed by atoms with Crippen molar-refractivity contribution in [3.63, 3.8) is 0 Å². The number of nitrogens with zero attached hydrogens (tertiary/aromatic N) is 3. The van der Waals surface area contributed by atoms with Gasteiger partial charge in [0.05, 0.1) is 24.3 Å². The number of alkyl halides is 2. The first-order valence-corrected chi connectivity index (χ1v) is 7.87. The van der Waals surface area contributed by atoms with E-state index >= 15 is 0 Å². The zero-order chi connectivity index (χ0) is 18.3. The predicted octanol–water partition coefficient (Wildman–Crippen LogP) is 3.39. The van der Waals surface area contributed by atoms with Crippen LogP contribution in [0.1, 0.15) is 30.4 Å². The highest BCUT2D eigenvalue weighted by atomic mass is 19.3. The van der Waals surface area contributed by atoms with Crippen LogP contribution in [0.15, 0.2) is 18.2 Å². The van der Waals surface area contributed by atoms with Crippen molar-refractivity contribution in [3.05, 3.63) is 41.0 Å². The molecule has 0 bridgehead atoms. The van der Waals surface area contributed by atoms with Gasteiger partial charge in [-0.15, -0.1) is 0 Å². The zero-order valence-electron chi connectivity index (χ0n) is 14.1. The normalized spacial score (nSPS) is 16.8. The van der Waals surface area contributed by atoms with Gasteiger partial charge >= 0.3 is 6.55 Å². The van der Waals surface area contributed by atoms with Gasteiger partial charge in [-0.25, -0.2) is 9.07 Å². The molecule has 0 N–H and O–H groups in total. The molecule has 8 heteroatoms. The number of carbonyl (C=O) groups is 1. The van der Waals surface area contributed by atoms with E-state index in [1.165, 1.54) is 30.0 Å². The molecule has 1 amide bonds. The molecule has 1 unspecified atom stereocenters. The summed E-state index contributed by atoms with van der Waals surface area (Å²) in [7, 11) is 0. The number of benzene rings is 1. The second kappa shape index (κ2) is 6.42. The lowest BCUT2D eigenvalue weighted by molar-refractivity contribution is -0.118. The molecule has 3 rings (SSSR count). The second-order valence-corrected chi connectivity index (χ2v) is 6.09. The lowest BCUT2D eigenvalue weighted by Gasteiger charge is -2.33. The van der Waals surface area contributed by atoms with Crippen LogP contribution in [-0.4, -0.2) is 28.3 Å². The molecule has 0 aliphatic carbocycles. The molecule has 0 fully saturated rings. The summed E-state index contributed by atoms with van der Waals surface area (Å²) in [5.74, 6) is -0.433. The first kappa shape index (κ1) is 17.3. The van der Waals surface area contributed by atoms with Gasteiger partial charge in [0.15, 0.2) is 0 Å². The third-order valence-corrected chi connectivity index (χ3v) is 4.27. The fraction of sp³-hybridized carbons (Fsp3) is 0.412. The number of halogens is 3. The maximum atomic E-state index is 13.4. The largest absolute Gasteiger partial charge is 0.487 e. The van der Waals surface area contributed by atoms with Crippen molar-refractivity contribution in [1.29, 1.82) is 0 Å². The van der Waals surface area contributed by atoms with Gasteiger partial charge in [-0.2, -0.15) is 13.9 Å². The molecule has 0 saturated heterocycles. The quantitative estimate of drug-likeness (QED) is 0.850. The number of hydrogen-bond donors (Lipinski definition) is 0. The Kier molecular flexibility index (Phi) is 4.45. The Morgan fingerprint density at radius 2 is 2.12 bits per heavy atom. The lowest BCUT2D eigenvalue weighted by atomic mass is 10.1. The highest BCUT2D eigenvalue weighted by molar-refractivity contribution is 5.96. The van der Waals surface area contributed by atoms with E-state index in [1.54, 1.807) is 13.8 Å². The second-order valence-electron chi connectivity index (χ2n) is 6.09. The minimum absolute atomic E-state index is 0.0616. The molecule has 134 valence electrons. The van der Waals surface area contributed by atoms with E-state index in [2.05, 4.69) is 5.10 Å².